The third-order valence-electron chi connectivity index (χ3n) is 2.51. The molecule has 0 spiro atoms. The number of aromatic hydroxyl groups is 2. The van der Waals surface area contributed by atoms with Gasteiger partial charge in [0.15, 0.2) is 0 Å². The van der Waals surface area contributed by atoms with Crippen molar-refractivity contribution in [2.45, 2.75) is 19.5 Å². The number of aromatic nitrogens is 2. The Bertz CT molecular complexity index is 558. The molecule has 7 heteroatoms. The number of alkyl halides is 2. The zero-order chi connectivity index (χ0) is 13.8. The van der Waals surface area contributed by atoms with Crippen LogP contribution in [0.4, 0.5) is 14.5 Å². The van der Waals surface area contributed by atoms with E-state index in [1.165, 1.54) is 24.5 Å². The first-order chi connectivity index (χ1) is 9.04. The molecule has 0 fully saturated rings. The number of nitrogens with one attached hydrogen (secondary N) is 1. The number of hydrogen-bond donors (Lipinski definition) is 3. The average Bonchev–Trinajstić information content (AvgIpc) is 2.74. The van der Waals surface area contributed by atoms with Gasteiger partial charge in [0.05, 0.1) is 11.9 Å². The molecular formula is C12H13F2N3O2. The molecule has 0 saturated carbocycles. The van der Waals surface area contributed by atoms with Gasteiger partial charge in [0, 0.05) is 24.4 Å². The fourth-order valence-electron chi connectivity index (χ4n) is 1.60. The number of nitrogens with zero attached hydrogens (tertiary/aromatic N) is 2. The molecule has 0 aliphatic rings. The summed E-state index contributed by atoms with van der Waals surface area (Å²) in [5.74, 6) is -0.0570. The molecule has 19 heavy (non-hydrogen) atoms. The van der Waals surface area contributed by atoms with Crippen LogP contribution >= 0.6 is 0 Å². The van der Waals surface area contributed by atoms with E-state index >= 15 is 0 Å². The topological polar surface area (TPSA) is 70.3 Å². The maximum atomic E-state index is 12.1. The van der Waals surface area contributed by atoms with E-state index in [0.29, 0.717) is 17.8 Å². The van der Waals surface area contributed by atoms with Gasteiger partial charge in [-0.25, -0.2) is 8.78 Å². The number of halogens is 2. The molecule has 102 valence electrons. The van der Waals surface area contributed by atoms with Crippen molar-refractivity contribution in [1.29, 1.82) is 0 Å². The van der Waals surface area contributed by atoms with Crippen LogP contribution < -0.4 is 5.32 Å². The minimum absolute atomic E-state index is 0.0222. The number of hydrogen-bond acceptors (Lipinski definition) is 4. The molecule has 0 saturated heterocycles. The highest BCUT2D eigenvalue weighted by Gasteiger charge is 2.06. The first-order valence-electron chi connectivity index (χ1n) is 5.60. The fraction of sp³-hybridized carbons (Fsp3) is 0.250. The summed E-state index contributed by atoms with van der Waals surface area (Å²) in [6.45, 7) is -0.154. The Hall–Kier alpha value is -2.31. The van der Waals surface area contributed by atoms with Crippen LogP contribution in [0.15, 0.2) is 30.6 Å². The van der Waals surface area contributed by atoms with Crippen molar-refractivity contribution < 1.29 is 19.0 Å². The Morgan fingerprint density at radius 3 is 2.79 bits per heavy atom. The predicted molar refractivity (Wildman–Crippen MR) is 65.3 cm³/mol. The van der Waals surface area contributed by atoms with Crippen molar-refractivity contribution in [3.05, 3.63) is 36.2 Å². The summed E-state index contributed by atoms with van der Waals surface area (Å²) in [4.78, 5) is 0. The van der Waals surface area contributed by atoms with Crippen LogP contribution in [0.25, 0.3) is 0 Å². The second kappa shape index (κ2) is 5.55. The van der Waals surface area contributed by atoms with Crippen molar-refractivity contribution in [2.75, 3.05) is 5.32 Å². The lowest BCUT2D eigenvalue weighted by atomic mass is 10.2. The Balaban J connectivity index is 1.96. The average molecular weight is 269 g/mol. The lowest BCUT2D eigenvalue weighted by molar-refractivity contribution is 0.122. The molecule has 1 aromatic carbocycles. The monoisotopic (exact) mass is 269 g/mol. The third-order valence-corrected chi connectivity index (χ3v) is 2.51. The SMILES string of the molecule is Oc1ccc(CNc2cnn(CC(F)F)c2)c(O)c1. The molecule has 0 bridgehead atoms. The van der Waals surface area contributed by atoms with Crippen molar-refractivity contribution in [3.63, 3.8) is 0 Å². The van der Waals surface area contributed by atoms with Crippen LogP contribution in [0.5, 0.6) is 11.5 Å². The first kappa shape index (κ1) is 13.1. The molecule has 2 aromatic rings. The highest BCUT2D eigenvalue weighted by Crippen LogP contribution is 2.23. The van der Waals surface area contributed by atoms with Crippen LogP contribution in [0.2, 0.25) is 0 Å². The molecule has 5 nitrogen and oxygen atoms in total. The van der Waals surface area contributed by atoms with Gasteiger partial charge in [-0.2, -0.15) is 5.10 Å². The predicted octanol–water partition coefficient (Wildman–Crippen LogP) is 2.17. The van der Waals surface area contributed by atoms with Gasteiger partial charge in [-0.05, 0) is 12.1 Å². The summed E-state index contributed by atoms with van der Waals surface area (Å²) < 4.78 is 25.4. The van der Waals surface area contributed by atoms with Crippen LogP contribution in [-0.4, -0.2) is 26.4 Å². The lowest BCUT2D eigenvalue weighted by Gasteiger charge is -2.06. The zero-order valence-corrected chi connectivity index (χ0v) is 9.92. The minimum Gasteiger partial charge on any atom is -0.508 e. The first-order valence-corrected chi connectivity index (χ1v) is 5.60. The van der Waals surface area contributed by atoms with E-state index in [4.69, 9.17) is 5.11 Å². The van der Waals surface area contributed by atoms with E-state index in [-0.39, 0.29) is 11.5 Å². The standard InChI is InChI=1S/C12H13F2N3O2/c13-12(14)7-17-6-9(5-16-17)15-4-8-1-2-10(18)3-11(8)19/h1-3,5-6,12,15,18-19H,4,7H2. The van der Waals surface area contributed by atoms with Crippen LogP contribution in [0, 0.1) is 0 Å². The molecule has 0 unspecified atom stereocenters. The highest BCUT2D eigenvalue weighted by atomic mass is 19.3. The third kappa shape index (κ3) is 3.57. The Morgan fingerprint density at radius 1 is 1.32 bits per heavy atom. The number of benzene rings is 1. The van der Waals surface area contributed by atoms with Gasteiger partial charge in [-0.3, -0.25) is 4.68 Å². The molecule has 0 aliphatic heterocycles. The number of phenolic OH excluding ortho intramolecular Hbond substituents is 2. The molecule has 3 N–H and O–H groups in total. The molecule has 0 aliphatic carbocycles. The van der Waals surface area contributed by atoms with E-state index in [9.17, 15) is 13.9 Å². The Morgan fingerprint density at radius 2 is 2.11 bits per heavy atom. The normalized spacial score (nSPS) is 10.9. The molecule has 1 heterocycles. The van der Waals surface area contributed by atoms with Gasteiger partial charge in [0.25, 0.3) is 6.43 Å². The molecule has 0 amide bonds. The minimum atomic E-state index is -2.45. The van der Waals surface area contributed by atoms with Gasteiger partial charge in [-0.1, -0.05) is 0 Å². The summed E-state index contributed by atoms with van der Waals surface area (Å²) >= 11 is 0. The lowest BCUT2D eigenvalue weighted by Crippen LogP contribution is -2.06. The quantitative estimate of drug-likeness (QED) is 0.778. The number of phenols is 2. The maximum absolute atomic E-state index is 12.1. The molecule has 0 atom stereocenters. The number of rotatable bonds is 5. The molecular weight excluding hydrogens is 256 g/mol. The Labute approximate surface area is 108 Å². The molecule has 1 aromatic heterocycles. The van der Waals surface area contributed by atoms with E-state index in [1.54, 1.807) is 6.07 Å². The van der Waals surface area contributed by atoms with Crippen molar-refractivity contribution in [3.8, 4) is 11.5 Å². The Kier molecular flexibility index (Phi) is 3.84. The van der Waals surface area contributed by atoms with Crippen LogP contribution in [0.1, 0.15) is 5.56 Å². The van der Waals surface area contributed by atoms with Crippen molar-refractivity contribution in [1.82, 2.24) is 9.78 Å². The molecule has 0 radical (unpaired) electrons. The van der Waals surface area contributed by atoms with Gasteiger partial charge < -0.3 is 15.5 Å². The summed E-state index contributed by atoms with van der Waals surface area (Å²) in [5, 5.41) is 25.4. The van der Waals surface area contributed by atoms with E-state index in [2.05, 4.69) is 10.4 Å². The van der Waals surface area contributed by atoms with Gasteiger partial charge in [0.1, 0.15) is 18.0 Å². The summed E-state index contributed by atoms with van der Waals surface area (Å²) in [7, 11) is 0. The fourth-order valence-corrected chi connectivity index (χ4v) is 1.60. The van der Waals surface area contributed by atoms with E-state index in [0.717, 1.165) is 4.68 Å². The summed E-state index contributed by atoms with van der Waals surface area (Å²) in [5.41, 5.74) is 1.16. The van der Waals surface area contributed by atoms with E-state index < -0.39 is 13.0 Å². The molecule has 2 rings (SSSR count). The van der Waals surface area contributed by atoms with E-state index in [1.807, 2.05) is 0 Å². The van der Waals surface area contributed by atoms with Gasteiger partial charge >= 0.3 is 0 Å². The van der Waals surface area contributed by atoms with Crippen LogP contribution in [0.3, 0.4) is 0 Å². The second-order valence-electron chi connectivity index (χ2n) is 4.01. The number of anilines is 1. The van der Waals surface area contributed by atoms with Gasteiger partial charge in [-0.15, -0.1) is 0 Å². The summed E-state index contributed by atoms with van der Waals surface area (Å²) in [6.07, 6.45) is 0.442. The summed E-state index contributed by atoms with van der Waals surface area (Å²) in [6, 6.07) is 4.26. The zero-order valence-electron chi connectivity index (χ0n) is 9.92. The maximum Gasteiger partial charge on any atom is 0.257 e. The highest BCUT2D eigenvalue weighted by molar-refractivity contribution is 5.44. The largest absolute Gasteiger partial charge is 0.508 e. The van der Waals surface area contributed by atoms with Crippen molar-refractivity contribution >= 4 is 5.69 Å². The van der Waals surface area contributed by atoms with Gasteiger partial charge in [0.2, 0.25) is 0 Å². The smallest absolute Gasteiger partial charge is 0.257 e. The second-order valence-corrected chi connectivity index (χ2v) is 4.01. The van der Waals surface area contributed by atoms with Crippen LogP contribution in [-0.2, 0) is 13.1 Å². The van der Waals surface area contributed by atoms with Crippen molar-refractivity contribution in [2.24, 2.45) is 0 Å².